The Labute approximate surface area is 106 Å². The molecule has 2 nitrogen and oxygen atoms in total. The van der Waals surface area contributed by atoms with Crippen molar-refractivity contribution in [3.63, 3.8) is 0 Å². The first-order chi connectivity index (χ1) is 7.60. The normalized spacial score (nSPS) is 11.9. The highest BCUT2D eigenvalue weighted by Gasteiger charge is 2.09. The topological polar surface area (TPSA) is 29.3 Å². The minimum absolute atomic E-state index is 0.0491. The Balaban J connectivity index is 3.02. The molecule has 0 aromatic heterocycles. The molecule has 0 heterocycles. The van der Waals surface area contributed by atoms with Crippen LogP contribution in [0.1, 0.15) is 25.5 Å². The number of halogens is 1. The molecule has 0 saturated heterocycles. The van der Waals surface area contributed by atoms with Crippen LogP contribution in [0.2, 0.25) is 0 Å². The van der Waals surface area contributed by atoms with E-state index < -0.39 is 0 Å². The van der Waals surface area contributed by atoms with E-state index in [1.165, 1.54) is 0 Å². The maximum absolute atomic E-state index is 5.83. The van der Waals surface area contributed by atoms with Crippen LogP contribution in [0.4, 0.5) is 5.69 Å². The maximum atomic E-state index is 5.83. The van der Waals surface area contributed by atoms with Crippen LogP contribution in [0.25, 0.3) is 0 Å². The van der Waals surface area contributed by atoms with Crippen molar-refractivity contribution in [2.24, 2.45) is 5.73 Å². The zero-order valence-electron chi connectivity index (χ0n) is 9.70. The van der Waals surface area contributed by atoms with E-state index in [9.17, 15) is 0 Å². The van der Waals surface area contributed by atoms with E-state index in [-0.39, 0.29) is 6.04 Å². The maximum Gasteiger partial charge on any atom is 0.0791 e. The van der Waals surface area contributed by atoms with Gasteiger partial charge < -0.3 is 10.6 Å². The molecule has 0 fully saturated rings. The van der Waals surface area contributed by atoms with Gasteiger partial charge in [0.15, 0.2) is 0 Å². The summed E-state index contributed by atoms with van der Waals surface area (Å²) in [4.78, 5) is 2.13. The predicted molar refractivity (Wildman–Crippen MR) is 73.5 cm³/mol. The molecule has 0 unspecified atom stereocenters. The largest absolute Gasteiger partial charge is 0.360 e. The molecule has 0 aliphatic rings. The van der Waals surface area contributed by atoms with Gasteiger partial charge in [-0.15, -0.1) is 6.42 Å². The van der Waals surface area contributed by atoms with Gasteiger partial charge in [0, 0.05) is 17.1 Å². The molecule has 86 valence electrons. The van der Waals surface area contributed by atoms with Crippen molar-refractivity contribution in [3.05, 3.63) is 28.2 Å². The number of rotatable bonds is 4. The van der Waals surface area contributed by atoms with Crippen molar-refractivity contribution >= 4 is 21.6 Å². The average molecular weight is 281 g/mol. The summed E-state index contributed by atoms with van der Waals surface area (Å²) < 4.78 is 1.04. The third kappa shape index (κ3) is 3.01. The van der Waals surface area contributed by atoms with Gasteiger partial charge in [0.2, 0.25) is 0 Å². The first kappa shape index (κ1) is 13.1. The smallest absolute Gasteiger partial charge is 0.0791 e. The second kappa shape index (κ2) is 5.93. The molecule has 0 amide bonds. The Hall–Kier alpha value is -0.980. The molecule has 1 aromatic rings. The van der Waals surface area contributed by atoms with E-state index in [0.29, 0.717) is 6.54 Å². The number of benzene rings is 1. The van der Waals surface area contributed by atoms with Crippen molar-refractivity contribution in [1.29, 1.82) is 0 Å². The Morgan fingerprint density at radius 3 is 2.69 bits per heavy atom. The van der Waals surface area contributed by atoms with Gasteiger partial charge >= 0.3 is 0 Å². The molecule has 1 rings (SSSR count). The lowest BCUT2D eigenvalue weighted by atomic mass is 10.1. The summed E-state index contributed by atoms with van der Waals surface area (Å²) in [6.45, 7) is 5.57. The third-order valence-electron chi connectivity index (χ3n) is 2.50. The molecule has 0 bridgehead atoms. The number of terminal acetylenes is 1. The molecule has 1 aromatic carbocycles. The van der Waals surface area contributed by atoms with Crippen LogP contribution in [0, 0.1) is 12.3 Å². The Morgan fingerprint density at radius 2 is 2.25 bits per heavy atom. The number of anilines is 1. The molecular formula is C13H17BrN2. The lowest BCUT2D eigenvalue weighted by molar-refractivity contribution is 0.815. The van der Waals surface area contributed by atoms with Gasteiger partial charge in [-0.3, -0.25) is 0 Å². The number of nitrogens with two attached hydrogens (primary N) is 1. The van der Waals surface area contributed by atoms with E-state index in [1.54, 1.807) is 0 Å². The molecule has 0 spiro atoms. The third-order valence-corrected chi connectivity index (χ3v) is 3.14. The van der Waals surface area contributed by atoms with E-state index >= 15 is 0 Å². The van der Waals surface area contributed by atoms with Crippen LogP contribution >= 0.6 is 15.9 Å². The molecule has 0 aliphatic carbocycles. The highest BCUT2D eigenvalue weighted by Crippen LogP contribution is 2.28. The fourth-order valence-corrected chi connectivity index (χ4v) is 2.19. The van der Waals surface area contributed by atoms with Crippen LogP contribution < -0.4 is 10.6 Å². The van der Waals surface area contributed by atoms with E-state index in [0.717, 1.165) is 22.3 Å². The quantitative estimate of drug-likeness (QED) is 0.860. The van der Waals surface area contributed by atoms with E-state index in [4.69, 9.17) is 12.2 Å². The van der Waals surface area contributed by atoms with Crippen molar-refractivity contribution in [2.45, 2.75) is 19.9 Å². The molecule has 0 aliphatic heterocycles. The summed E-state index contributed by atoms with van der Waals surface area (Å²) >= 11 is 3.56. The van der Waals surface area contributed by atoms with Crippen LogP contribution in [-0.4, -0.2) is 13.1 Å². The van der Waals surface area contributed by atoms with Crippen molar-refractivity contribution in [1.82, 2.24) is 0 Å². The lowest BCUT2D eigenvalue weighted by Crippen LogP contribution is -2.23. The minimum Gasteiger partial charge on any atom is -0.360 e. The van der Waals surface area contributed by atoms with E-state index in [2.05, 4.69) is 45.8 Å². The van der Waals surface area contributed by atoms with Crippen LogP contribution in [0.3, 0.4) is 0 Å². The summed E-state index contributed by atoms with van der Waals surface area (Å²) in [5.41, 5.74) is 8.07. The highest BCUT2D eigenvalue weighted by atomic mass is 79.9. The first-order valence-electron chi connectivity index (χ1n) is 5.33. The highest BCUT2D eigenvalue weighted by molar-refractivity contribution is 9.10. The monoisotopic (exact) mass is 280 g/mol. The Kier molecular flexibility index (Phi) is 4.85. The van der Waals surface area contributed by atoms with Gasteiger partial charge in [-0.1, -0.05) is 12.0 Å². The Morgan fingerprint density at radius 1 is 1.56 bits per heavy atom. The minimum atomic E-state index is 0.0491. The molecule has 16 heavy (non-hydrogen) atoms. The molecule has 0 saturated carbocycles. The number of hydrogen-bond donors (Lipinski definition) is 1. The van der Waals surface area contributed by atoms with Gasteiger partial charge in [0.1, 0.15) is 0 Å². The van der Waals surface area contributed by atoms with Crippen LogP contribution in [-0.2, 0) is 0 Å². The Bertz CT molecular complexity index is 393. The van der Waals surface area contributed by atoms with E-state index in [1.807, 2.05) is 13.0 Å². The van der Waals surface area contributed by atoms with Crippen molar-refractivity contribution in [3.8, 4) is 12.3 Å². The van der Waals surface area contributed by atoms with Crippen molar-refractivity contribution < 1.29 is 0 Å². The summed E-state index contributed by atoms with van der Waals surface area (Å²) in [7, 11) is 0. The number of hydrogen-bond acceptors (Lipinski definition) is 2. The molecule has 0 radical (unpaired) electrons. The second-order valence-electron chi connectivity index (χ2n) is 3.72. The number of nitrogens with zero attached hydrogens (tertiary/aromatic N) is 1. The molecule has 1 atom stereocenters. The second-order valence-corrected chi connectivity index (χ2v) is 4.57. The lowest BCUT2D eigenvalue weighted by Gasteiger charge is -2.22. The van der Waals surface area contributed by atoms with Crippen molar-refractivity contribution in [2.75, 3.05) is 18.0 Å². The van der Waals surface area contributed by atoms with Gasteiger partial charge in [-0.25, -0.2) is 0 Å². The first-order valence-corrected chi connectivity index (χ1v) is 6.12. The average Bonchev–Trinajstić information content (AvgIpc) is 2.26. The van der Waals surface area contributed by atoms with Crippen LogP contribution in [0.5, 0.6) is 0 Å². The van der Waals surface area contributed by atoms with Gasteiger partial charge in [0.05, 0.1) is 12.2 Å². The van der Waals surface area contributed by atoms with Crippen LogP contribution in [0.15, 0.2) is 22.7 Å². The molecule has 3 heteroatoms. The fourth-order valence-electron chi connectivity index (χ4n) is 1.54. The summed E-state index contributed by atoms with van der Waals surface area (Å²) in [6, 6.07) is 6.21. The summed E-state index contributed by atoms with van der Waals surface area (Å²) in [5, 5.41) is 0. The fraction of sp³-hybridized carbons (Fsp3) is 0.385. The molecule has 2 N–H and O–H groups in total. The predicted octanol–water partition coefficient (Wildman–Crippen LogP) is 2.93. The summed E-state index contributed by atoms with van der Waals surface area (Å²) in [6.07, 6.45) is 5.34. The SMILES string of the molecule is C#CCN(CC)c1ccc([C@@H](C)N)cc1Br. The summed E-state index contributed by atoms with van der Waals surface area (Å²) in [5.74, 6) is 2.66. The molecular weight excluding hydrogens is 264 g/mol. The zero-order valence-corrected chi connectivity index (χ0v) is 11.3. The zero-order chi connectivity index (χ0) is 12.1. The van der Waals surface area contributed by atoms with Gasteiger partial charge in [-0.05, 0) is 47.5 Å². The van der Waals surface area contributed by atoms with Gasteiger partial charge in [0.25, 0.3) is 0 Å². The van der Waals surface area contributed by atoms with Gasteiger partial charge in [-0.2, -0.15) is 0 Å². The standard InChI is InChI=1S/C13H17BrN2/c1-4-8-16(5-2)13-7-6-11(10(3)15)9-12(13)14/h1,6-7,9-10H,5,8,15H2,2-3H3/t10-/m1/s1.